The first-order chi connectivity index (χ1) is 11.6. The fraction of sp³-hybridized carbons (Fsp3) is 0.0588. The van der Waals surface area contributed by atoms with Crippen molar-refractivity contribution in [2.45, 2.75) is 4.90 Å². The minimum atomic E-state index is -0.245. The molecule has 0 atom stereocenters. The smallest absolute Gasteiger partial charge is 0.257 e. The van der Waals surface area contributed by atoms with Crippen molar-refractivity contribution in [3.63, 3.8) is 0 Å². The molecule has 3 aromatic rings. The molecule has 2 aromatic carbocycles. The Kier molecular flexibility index (Phi) is 5.08. The van der Waals surface area contributed by atoms with Crippen molar-refractivity contribution >= 4 is 47.2 Å². The van der Waals surface area contributed by atoms with E-state index in [4.69, 9.17) is 23.8 Å². The quantitative estimate of drug-likeness (QED) is 0.489. The highest BCUT2D eigenvalue weighted by Gasteiger charge is 2.12. The average Bonchev–Trinajstić information content (AvgIpc) is 3.01. The van der Waals surface area contributed by atoms with E-state index >= 15 is 0 Å². The molecule has 0 aliphatic heterocycles. The second kappa shape index (κ2) is 7.25. The number of nitrogens with one attached hydrogen (secondary N) is 2. The number of nitrogens with zero attached hydrogens (tertiary/aromatic N) is 1. The Hall–Kier alpha value is -2.02. The van der Waals surface area contributed by atoms with Gasteiger partial charge in [-0.1, -0.05) is 17.7 Å². The molecule has 0 spiro atoms. The molecule has 0 radical (unpaired) electrons. The number of amides is 1. The van der Waals surface area contributed by atoms with Gasteiger partial charge in [0.1, 0.15) is 0 Å². The van der Waals surface area contributed by atoms with E-state index in [2.05, 4.69) is 10.3 Å². The standard InChI is InChI=1S/C17H14ClN3OS2/c1-24-13-5-6-15(18)14(10-13)16(22)20-11-3-2-4-12(9-11)21-8-7-19-17(21)23/h2-10H,1H3,(H,19,23)(H,20,22). The zero-order valence-corrected chi connectivity index (χ0v) is 15.1. The molecule has 0 unspecified atom stereocenters. The minimum absolute atomic E-state index is 0.245. The van der Waals surface area contributed by atoms with Gasteiger partial charge in [0.25, 0.3) is 5.91 Å². The number of carbonyl (C=O) groups is 1. The lowest BCUT2D eigenvalue weighted by molar-refractivity contribution is 0.102. The zero-order valence-electron chi connectivity index (χ0n) is 12.7. The summed E-state index contributed by atoms with van der Waals surface area (Å²) < 4.78 is 2.42. The fourth-order valence-electron chi connectivity index (χ4n) is 2.26. The highest BCUT2D eigenvalue weighted by molar-refractivity contribution is 7.98. The van der Waals surface area contributed by atoms with Crippen LogP contribution in [-0.2, 0) is 0 Å². The molecular formula is C17H14ClN3OS2. The van der Waals surface area contributed by atoms with Gasteiger partial charge < -0.3 is 10.3 Å². The predicted octanol–water partition coefficient (Wildman–Crippen LogP) is 5.16. The third-order valence-corrected chi connectivity index (χ3v) is 4.82. The SMILES string of the molecule is CSc1ccc(Cl)c(C(=O)Nc2cccc(-n3cc[nH]c3=S)c2)c1. The predicted molar refractivity (Wildman–Crippen MR) is 102 cm³/mol. The number of hydrogen-bond acceptors (Lipinski definition) is 3. The largest absolute Gasteiger partial charge is 0.337 e. The van der Waals surface area contributed by atoms with Crippen molar-refractivity contribution in [3.05, 3.63) is 70.2 Å². The molecule has 0 aliphatic rings. The monoisotopic (exact) mass is 375 g/mol. The van der Waals surface area contributed by atoms with E-state index < -0.39 is 0 Å². The number of H-pyrrole nitrogens is 1. The topological polar surface area (TPSA) is 49.8 Å². The van der Waals surface area contributed by atoms with E-state index in [1.165, 1.54) is 0 Å². The van der Waals surface area contributed by atoms with Gasteiger partial charge in [-0.15, -0.1) is 11.8 Å². The van der Waals surface area contributed by atoms with Crippen molar-refractivity contribution in [1.29, 1.82) is 0 Å². The van der Waals surface area contributed by atoms with E-state index in [1.54, 1.807) is 30.1 Å². The fourth-order valence-corrected chi connectivity index (χ4v) is 3.14. The maximum absolute atomic E-state index is 12.5. The molecule has 1 heterocycles. The number of benzene rings is 2. The number of hydrogen-bond donors (Lipinski definition) is 2. The highest BCUT2D eigenvalue weighted by Crippen LogP contribution is 2.24. The molecule has 0 bridgehead atoms. The first kappa shape index (κ1) is 16.8. The molecule has 7 heteroatoms. The van der Waals surface area contributed by atoms with Gasteiger partial charge >= 0.3 is 0 Å². The van der Waals surface area contributed by atoms with Crippen LogP contribution in [0.1, 0.15) is 10.4 Å². The van der Waals surface area contributed by atoms with Gasteiger partial charge in [0.15, 0.2) is 4.77 Å². The van der Waals surface area contributed by atoms with Gasteiger partial charge in [0.05, 0.1) is 10.6 Å². The maximum Gasteiger partial charge on any atom is 0.257 e. The summed E-state index contributed by atoms with van der Waals surface area (Å²) in [5.41, 5.74) is 1.99. The Morgan fingerprint density at radius 1 is 1.29 bits per heavy atom. The number of carbonyl (C=O) groups excluding carboxylic acids is 1. The third kappa shape index (κ3) is 3.56. The summed E-state index contributed by atoms with van der Waals surface area (Å²) in [5, 5.41) is 3.31. The molecule has 0 saturated heterocycles. The zero-order chi connectivity index (χ0) is 17.1. The van der Waals surface area contributed by atoms with E-state index in [1.807, 2.05) is 47.4 Å². The molecule has 24 heavy (non-hydrogen) atoms. The lowest BCUT2D eigenvalue weighted by Gasteiger charge is -2.10. The van der Waals surface area contributed by atoms with Crippen LogP contribution < -0.4 is 5.32 Å². The van der Waals surface area contributed by atoms with Gasteiger partial charge in [-0.05, 0) is 54.9 Å². The highest BCUT2D eigenvalue weighted by atomic mass is 35.5. The lowest BCUT2D eigenvalue weighted by atomic mass is 10.2. The average molecular weight is 376 g/mol. The van der Waals surface area contributed by atoms with Crippen LogP contribution in [0.3, 0.4) is 0 Å². The van der Waals surface area contributed by atoms with Gasteiger partial charge in [-0.2, -0.15) is 0 Å². The number of aromatic amines is 1. The second-order valence-corrected chi connectivity index (χ2v) is 6.66. The number of halogens is 1. The molecule has 0 saturated carbocycles. The number of aromatic nitrogens is 2. The molecule has 3 rings (SSSR count). The van der Waals surface area contributed by atoms with Crippen molar-refractivity contribution in [2.24, 2.45) is 0 Å². The Balaban J connectivity index is 1.88. The Morgan fingerprint density at radius 3 is 2.83 bits per heavy atom. The van der Waals surface area contributed by atoms with Gasteiger partial charge in [0.2, 0.25) is 0 Å². The second-order valence-electron chi connectivity index (χ2n) is 4.99. The third-order valence-electron chi connectivity index (χ3n) is 3.45. The van der Waals surface area contributed by atoms with Crippen LogP contribution in [0, 0.1) is 4.77 Å². The summed E-state index contributed by atoms with van der Waals surface area (Å²) in [6, 6.07) is 12.9. The number of rotatable bonds is 4. The first-order valence-electron chi connectivity index (χ1n) is 7.10. The van der Waals surface area contributed by atoms with Gasteiger partial charge in [0, 0.05) is 28.7 Å². The number of anilines is 1. The summed E-state index contributed by atoms with van der Waals surface area (Å²) in [5.74, 6) is -0.245. The molecule has 0 aliphatic carbocycles. The summed E-state index contributed by atoms with van der Waals surface area (Å²) in [4.78, 5) is 16.5. The van der Waals surface area contributed by atoms with Crippen LogP contribution in [0.5, 0.6) is 0 Å². The van der Waals surface area contributed by atoms with Crippen LogP contribution >= 0.6 is 35.6 Å². The Labute approximate surface area is 153 Å². The minimum Gasteiger partial charge on any atom is -0.337 e. The molecule has 4 nitrogen and oxygen atoms in total. The summed E-state index contributed by atoms with van der Waals surface area (Å²) in [6.07, 6.45) is 5.55. The molecule has 1 aromatic heterocycles. The summed E-state index contributed by atoms with van der Waals surface area (Å²) >= 11 is 12.9. The number of thioether (sulfide) groups is 1. The van der Waals surface area contributed by atoms with Crippen LogP contribution in [-0.4, -0.2) is 21.7 Å². The molecular weight excluding hydrogens is 362 g/mol. The molecule has 122 valence electrons. The van der Waals surface area contributed by atoms with Crippen LogP contribution in [0.25, 0.3) is 5.69 Å². The Bertz CT molecular complexity index is 949. The first-order valence-corrected chi connectivity index (χ1v) is 9.11. The van der Waals surface area contributed by atoms with Crippen LogP contribution in [0.4, 0.5) is 5.69 Å². The lowest BCUT2D eigenvalue weighted by Crippen LogP contribution is -2.12. The summed E-state index contributed by atoms with van der Waals surface area (Å²) in [6.45, 7) is 0. The number of imidazole rings is 1. The normalized spacial score (nSPS) is 10.6. The molecule has 2 N–H and O–H groups in total. The summed E-state index contributed by atoms with van der Waals surface area (Å²) in [7, 11) is 0. The van der Waals surface area contributed by atoms with Crippen molar-refractivity contribution in [1.82, 2.24) is 9.55 Å². The van der Waals surface area contributed by atoms with Gasteiger partial charge in [-0.25, -0.2) is 0 Å². The van der Waals surface area contributed by atoms with Crippen molar-refractivity contribution in [3.8, 4) is 5.69 Å². The van der Waals surface area contributed by atoms with E-state index in [0.717, 1.165) is 10.6 Å². The Morgan fingerprint density at radius 2 is 2.12 bits per heavy atom. The van der Waals surface area contributed by atoms with E-state index in [-0.39, 0.29) is 5.91 Å². The molecule has 1 amide bonds. The van der Waals surface area contributed by atoms with Gasteiger partial charge in [-0.3, -0.25) is 9.36 Å². The molecule has 0 fully saturated rings. The van der Waals surface area contributed by atoms with Crippen LogP contribution in [0.2, 0.25) is 5.02 Å². The van der Waals surface area contributed by atoms with E-state index in [0.29, 0.717) is 21.0 Å². The van der Waals surface area contributed by atoms with Crippen molar-refractivity contribution in [2.75, 3.05) is 11.6 Å². The van der Waals surface area contributed by atoms with Crippen LogP contribution in [0.15, 0.2) is 59.8 Å². The maximum atomic E-state index is 12.5. The van der Waals surface area contributed by atoms with E-state index in [9.17, 15) is 4.79 Å². The van der Waals surface area contributed by atoms with Crippen molar-refractivity contribution < 1.29 is 4.79 Å².